The van der Waals surface area contributed by atoms with Crippen molar-refractivity contribution in [3.63, 3.8) is 0 Å². The van der Waals surface area contributed by atoms with Gasteiger partial charge in [0.1, 0.15) is 5.82 Å². The van der Waals surface area contributed by atoms with Gasteiger partial charge in [-0.2, -0.15) is 4.98 Å². The SMILES string of the molecule is CCCCN(c1nc(NC)ncc1Br)C1CC1. The van der Waals surface area contributed by atoms with Crippen LogP contribution in [0.1, 0.15) is 32.6 Å². The summed E-state index contributed by atoms with van der Waals surface area (Å²) < 4.78 is 0.986. The molecule has 17 heavy (non-hydrogen) atoms. The van der Waals surface area contributed by atoms with Crippen molar-refractivity contribution in [2.45, 2.75) is 38.6 Å². The Labute approximate surface area is 111 Å². The van der Waals surface area contributed by atoms with Gasteiger partial charge in [-0.05, 0) is 35.2 Å². The van der Waals surface area contributed by atoms with Gasteiger partial charge in [0.15, 0.2) is 0 Å². The first-order valence-corrected chi connectivity index (χ1v) is 7.02. The highest BCUT2D eigenvalue weighted by molar-refractivity contribution is 9.10. The lowest BCUT2D eigenvalue weighted by Gasteiger charge is -2.24. The van der Waals surface area contributed by atoms with Crippen molar-refractivity contribution in [3.8, 4) is 0 Å². The third-order valence-corrected chi connectivity index (χ3v) is 3.52. The maximum Gasteiger partial charge on any atom is 0.224 e. The molecule has 1 aliphatic rings. The van der Waals surface area contributed by atoms with E-state index in [1.165, 1.54) is 25.7 Å². The van der Waals surface area contributed by atoms with Crippen molar-refractivity contribution in [2.24, 2.45) is 0 Å². The molecule has 2 rings (SSSR count). The molecule has 0 aliphatic heterocycles. The number of nitrogens with one attached hydrogen (secondary N) is 1. The van der Waals surface area contributed by atoms with Crippen LogP contribution in [0.15, 0.2) is 10.7 Å². The van der Waals surface area contributed by atoms with E-state index in [-0.39, 0.29) is 0 Å². The van der Waals surface area contributed by atoms with Gasteiger partial charge in [-0.15, -0.1) is 0 Å². The molecule has 0 atom stereocenters. The summed E-state index contributed by atoms with van der Waals surface area (Å²) in [6, 6.07) is 0.678. The molecule has 5 heteroatoms. The molecule has 0 aromatic carbocycles. The smallest absolute Gasteiger partial charge is 0.224 e. The van der Waals surface area contributed by atoms with Gasteiger partial charge in [0.2, 0.25) is 5.95 Å². The molecular weight excluding hydrogens is 280 g/mol. The normalized spacial score (nSPS) is 14.8. The largest absolute Gasteiger partial charge is 0.357 e. The van der Waals surface area contributed by atoms with Gasteiger partial charge in [0, 0.05) is 25.8 Å². The van der Waals surface area contributed by atoms with Crippen LogP contribution in [0.4, 0.5) is 11.8 Å². The van der Waals surface area contributed by atoms with Gasteiger partial charge < -0.3 is 10.2 Å². The Morgan fingerprint density at radius 1 is 1.53 bits per heavy atom. The molecule has 0 bridgehead atoms. The summed E-state index contributed by atoms with van der Waals surface area (Å²) in [6.07, 6.45) is 6.83. The fourth-order valence-corrected chi connectivity index (χ4v) is 2.27. The van der Waals surface area contributed by atoms with E-state index in [0.717, 1.165) is 16.8 Å². The van der Waals surface area contributed by atoms with E-state index >= 15 is 0 Å². The summed E-state index contributed by atoms with van der Waals surface area (Å²) >= 11 is 3.55. The van der Waals surface area contributed by atoms with E-state index < -0.39 is 0 Å². The molecule has 0 amide bonds. The van der Waals surface area contributed by atoms with E-state index in [1.807, 2.05) is 13.2 Å². The van der Waals surface area contributed by atoms with Crippen LogP contribution in [-0.4, -0.2) is 29.6 Å². The number of rotatable bonds is 6. The highest BCUT2D eigenvalue weighted by Crippen LogP contribution is 2.34. The first kappa shape index (κ1) is 12.6. The van der Waals surface area contributed by atoms with Crippen LogP contribution < -0.4 is 10.2 Å². The maximum absolute atomic E-state index is 4.56. The van der Waals surface area contributed by atoms with Crippen molar-refractivity contribution in [2.75, 3.05) is 23.8 Å². The highest BCUT2D eigenvalue weighted by atomic mass is 79.9. The fourth-order valence-electron chi connectivity index (χ4n) is 1.86. The second-order valence-electron chi connectivity index (χ2n) is 4.39. The number of anilines is 2. The molecule has 1 saturated carbocycles. The lowest BCUT2D eigenvalue weighted by molar-refractivity contribution is 0.702. The lowest BCUT2D eigenvalue weighted by atomic mass is 10.3. The standard InChI is InChI=1S/C12H19BrN4/c1-3-4-7-17(9-5-6-9)11-10(13)8-15-12(14-2)16-11/h8-9H,3-7H2,1-2H3,(H,14,15,16). The molecule has 0 saturated heterocycles. The second-order valence-corrected chi connectivity index (χ2v) is 5.25. The van der Waals surface area contributed by atoms with Crippen molar-refractivity contribution < 1.29 is 0 Å². The maximum atomic E-state index is 4.56. The van der Waals surface area contributed by atoms with Gasteiger partial charge in [0.25, 0.3) is 0 Å². The Balaban J connectivity index is 2.21. The highest BCUT2D eigenvalue weighted by Gasteiger charge is 2.30. The number of nitrogens with zero attached hydrogens (tertiary/aromatic N) is 3. The predicted octanol–water partition coefficient (Wildman–Crippen LogP) is 3.05. The van der Waals surface area contributed by atoms with Crippen molar-refractivity contribution in [1.29, 1.82) is 0 Å². The Bertz CT molecular complexity index is 379. The molecule has 1 aromatic heterocycles. The first-order valence-electron chi connectivity index (χ1n) is 6.23. The zero-order chi connectivity index (χ0) is 12.3. The Morgan fingerprint density at radius 2 is 2.29 bits per heavy atom. The quantitative estimate of drug-likeness (QED) is 0.876. The Kier molecular flexibility index (Phi) is 4.20. The lowest BCUT2D eigenvalue weighted by Crippen LogP contribution is -2.28. The average molecular weight is 299 g/mol. The minimum atomic E-state index is 0.678. The number of aromatic nitrogens is 2. The molecule has 1 fully saturated rings. The Morgan fingerprint density at radius 3 is 2.88 bits per heavy atom. The zero-order valence-corrected chi connectivity index (χ0v) is 12.0. The molecule has 1 aliphatic carbocycles. The van der Waals surface area contributed by atoms with Crippen LogP contribution in [0.3, 0.4) is 0 Å². The van der Waals surface area contributed by atoms with E-state index in [1.54, 1.807) is 0 Å². The van der Waals surface area contributed by atoms with E-state index in [9.17, 15) is 0 Å². The molecule has 0 spiro atoms. The molecule has 1 N–H and O–H groups in total. The summed E-state index contributed by atoms with van der Waals surface area (Å²) in [5, 5.41) is 3.00. The third-order valence-electron chi connectivity index (χ3n) is 2.96. The molecule has 4 nitrogen and oxygen atoms in total. The molecule has 1 heterocycles. The summed E-state index contributed by atoms with van der Waals surface area (Å²) in [4.78, 5) is 11.2. The monoisotopic (exact) mass is 298 g/mol. The van der Waals surface area contributed by atoms with Crippen LogP contribution in [0.2, 0.25) is 0 Å². The van der Waals surface area contributed by atoms with Crippen LogP contribution in [-0.2, 0) is 0 Å². The van der Waals surface area contributed by atoms with Crippen molar-refractivity contribution in [3.05, 3.63) is 10.7 Å². The van der Waals surface area contributed by atoms with Gasteiger partial charge in [-0.25, -0.2) is 4.98 Å². The fraction of sp³-hybridized carbons (Fsp3) is 0.667. The molecule has 0 radical (unpaired) electrons. The van der Waals surface area contributed by atoms with Crippen molar-refractivity contribution in [1.82, 2.24) is 9.97 Å². The van der Waals surface area contributed by atoms with E-state index in [2.05, 4.69) is 43.0 Å². The van der Waals surface area contributed by atoms with Gasteiger partial charge in [0.05, 0.1) is 4.47 Å². The minimum Gasteiger partial charge on any atom is -0.357 e. The molecular formula is C12H19BrN4. The van der Waals surface area contributed by atoms with E-state index in [4.69, 9.17) is 0 Å². The van der Waals surface area contributed by atoms with Gasteiger partial charge in [-0.1, -0.05) is 13.3 Å². The molecule has 0 unspecified atom stereocenters. The topological polar surface area (TPSA) is 41.1 Å². The van der Waals surface area contributed by atoms with Gasteiger partial charge >= 0.3 is 0 Å². The summed E-state index contributed by atoms with van der Waals surface area (Å²) in [6.45, 7) is 3.30. The molecule has 94 valence electrons. The number of halogens is 1. The Hall–Kier alpha value is -0.840. The summed E-state index contributed by atoms with van der Waals surface area (Å²) in [5.74, 6) is 1.71. The van der Waals surface area contributed by atoms with E-state index in [0.29, 0.717) is 12.0 Å². The minimum absolute atomic E-state index is 0.678. The number of hydrogen-bond donors (Lipinski definition) is 1. The van der Waals surface area contributed by atoms with Crippen LogP contribution in [0.5, 0.6) is 0 Å². The second kappa shape index (κ2) is 5.67. The predicted molar refractivity (Wildman–Crippen MR) is 74.6 cm³/mol. The van der Waals surface area contributed by atoms with Crippen molar-refractivity contribution >= 4 is 27.7 Å². The summed E-state index contributed by atoms with van der Waals surface area (Å²) in [5.41, 5.74) is 0. The average Bonchev–Trinajstić information content (AvgIpc) is 3.16. The zero-order valence-electron chi connectivity index (χ0n) is 10.4. The first-order chi connectivity index (χ1) is 8.26. The van der Waals surface area contributed by atoms with Crippen LogP contribution in [0.25, 0.3) is 0 Å². The third kappa shape index (κ3) is 3.09. The van der Waals surface area contributed by atoms with Gasteiger partial charge in [-0.3, -0.25) is 0 Å². The number of hydrogen-bond acceptors (Lipinski definition) is 4. The molecule has 1 aromatic rings. The van der Waals surface area contributed by atoms with Crippen LogP contribution >= 0.6 is 15.9 Å². The van der Waals surface area contributed by atoms with Crippen LogP contribution in [0, 0.1) is 0 Å². The number of unbranched alkanes of at least 4 members (excludes halogenated alkanes) is 1. The summed E-state index contributed by atoms with van der Waals surface area (Å²) in [7, 11) is 1.85.